The lowest BCUT2D eigenvalue weighted by atomic mass is 10.2. The van der Waals surface area contributed by atoms with Gasteiger partial charge in [0.05, 0.1) is 27.7 Å². The lowest BCUT2D eigenvalue weighted by Crippen LogP contribution is -2.43. The number of nitrogens with zero attached hydrogens (tertiary/aromatic N) is 2. The van der Waals surface area contributed by atoms with Crippen LogP contribution in [0.2, 0.25) is 0 Å². The normalized spacial score (nSPS) is 17.7. The van der Waals surface area contributed by atoms with E-state index in [-0.39, 0.29) is 10.8 Å². The third kappa shape index (κ3) is 3.48. The summed E-state index contributed by atoms with van der Waals surface area (Å²) < 4.78 is 33.5. The molecule has 146 valence electrons. The first kappa shape index (κ1) is 18.9. The zero-order chi connectivity index (χ0) is 19.7. The number of thiazole rings is 1. The monoisotopic (exact) mass is 417 g/mol. The molecule has 1 N–H and O–H groups in total. The molecule has 2 heterocycles. The highest BCUT2D eigenvalue weighted by Crippen LogP contribution is 2.28. The van der Waals surface area contributed by atoms with E-state index in [1.165, 1.54) is 34.9 Å². The Morgan fingerprint density at radius 1 is 1.25 bits per heavy atom. The largest absolute Gasteiger partial charge is 0.497 e. The molecule has 3 aromatic rings. The Morgan fingerprint density at radius 2 is 2.04 bits per heavy atom. The molecule has 0 aliphatic carbocycles. The van der Waals surface area contributed by atoms with Gasteiger partial charge in [0, 0.05) is 12.2 Å². The molecule has 1 fully saturated rings. The zero-order valence-electron chi connectivity index (χ0n) is 15.2. The smallest absolute Gasteiger partial charge is 0.243 e. The summed E-state index contributed by atoms with van der Waals surface area (Å²) in [6, 6.07) is 10.9. The van der Waals surface area contributed by atoms with Gasteiger partial charge in [0.25, 0.3) is 0 Å². The van der Waals surface area contributed by atoms with Crippen molar-refractivity contribution in [1.82, 2.24) is 9.29 Å². The summed E-state index contributed by atoms with van der Waals surface area (Å²) in [5, 5.41) is 2.84. The third-order valence-corrected chi connectivity index (χ3v) is 7.50. The molecule has 1 amide bonds. The van der Waals surface area contributed by atoms with Crippen molar-refractivity contribution < 1.29 is 17.9 Å². The van der Waals surface area contributed by atoms with E-state index in [2.05, 4.69) is 10.3 Å². The Balaban J connectivity index is 1.55. The van der Waals surface area contributed by atoms with Crippen molar-refractivity contribution in [3.8, 4) is 5.75 Å². The average Bonchev–Trinajstić information content (AvgIpc) is 3.37. The van der Waals surface area contributed by atoms with Crippen molar-refractivity contribution >= 4 is 43.2 Å². The van der Waals surface area contributed by atoms with E-state index in [1.807, 2.05) is 6.07 Å². The van der Waals surface area contributed by atoms with Gasteiger partial charge in [0.2, 0.25) is 15.9 Å². The predicted molar refractivity (Wildman–Crippen MR) is 108 cm³/mol. The highest BCUT2D eigenvalue weighted by atomic mass is 32.2. The maximum atomic E-state index is 13.0. The fraction of sp³-hybridized carbons (Fsp3) is 0.263. The summed E-state index contributed by atoms with van der Waals surface area (Å²) in [6.45, 7) is 0.317. The Hall–Kier alpha value is -2.49. The van der Waals surface area contributed by atoms with Gasteiger partial charge >= 0.3 is 0 Å². The number of hydrogen-bond donors (Lipinski definition) is 1. The van der Waals surface area contributed by atoms with Crippen molar-refractivity contribution in [3.63, 3.8) is 0 Å². The van der Waals surface area contributed by atoms with Crippen LogP contribution in [0.15, 0.2) is 52.9 Å². The molecule has 0 bridgehead atoms. The highest BCUT2D eigenvalue weighted by Gasteiger charge is 2.39. The maximum absolute atomic E-state index is 13.0. The van der Waals surface area contributed by atoms with Crippen LogP contribution in [0.3, 0.4) is 0 Å². The molecule has 0 saturated carbocycles. The number of carbonyl (C=O) groups is 1. The van der Waals surface area contributed by atoms with Crippen LogP contribution in [-0.2, 0) is 14.8 Å². The summed E-state index contributed by atoms with van der Waals surface area (Å²) in [4.78, 5) is 17.2. The number of amides is 1. The number of hydrogen-bond acceptors (Lipinski definition) is 6. The summed E-state index contributed by atoms with van der Waals surface area (Å²) in [5.74, 6) is 0.247. The molecular weight excluding hydrogens is 398 g/mol. The van der Waals surface area contributed by atoms with Gasteiger partial charge in [-0.3, -0.25) is 4.79 Å². The van der Waals surface area contributed by atoms with Crippen molar-refractivity contribution in [3.05, 3.63) is 48.0 Å². The predicted octanol–water partition coefficient (Wildman–Crippen LogP) is 3.10. The SMILES string of the molecule is COc1ccc(S(=O)(=O)N2CCCC2C(=O)Nc2ccc3scnc3c2)cc1. The summed E-state index contributed by atoms with van der Waals surface area (Å²) in [6.07, 6.45) is 1.12. The average molecular weight is 418 g/mol. The van der Waals surface area contributed by atoms with Crippen molar-refractivity contribution in [2.45, 2.75) is 23.8 Å². The van der Waals surface area contributed by atoms with Crippen LogP contribution in [-0.4, -0.2) is 43.3 Å². The van der Waals surface area contributed by atoms with E-state index in [1.54, 1.807) is 29.8 Å². The van der Waals surface area contributed by atoms with Gasteiger partial charge in [0.15, 0.2) is 0 Å². The second-order valence-electron chi connectivity index (χ2n) is 6.47. The van der Waals surface area contributed by atoms with E-state index in [0.717, 1.165) is 10.2 Å². The molecule has 0 radical (unpaired) electrons. The van der Waals surface area contributed by atoms with Crippen molar-refractivity contribution in [2.75, 3.05) is 19.0 Å². The number of sulfonamides is 1. The van der Waals surface area contributed by atoms with Gasteiger partial charge in [-0.15, -0.1) is 11.3 Å². The van der Waals surface area contributed by atoms with Crippen molar-refractivity contribution in [2.24, 2.45) is 0 Å². The summed E-state index contributed by atoms with van der Waals surface area (Å²) >= 11 is 1.52. The molecule has 1 atom stereocenters. The van der Waals surface area contributed by atoms with Gasteiger partial charge in [0.1, 0.15) is 11.8 Å². The molecule has 7 nitrogen and oxygen atoms in total. The van der Waals surface area contributed by atoms with Crippen LogP contribution in [0, 0.1) is 0 Å². The minimum atomic E-state index is -3.77. The minimum Gasteiger partial charge on any atom is -0.497 e. The first-order chi connectivity index (χ1) is 13.5. The third-order valence-electron chi connectivity index (χ3n) is 4.77. The lowest BCUT2D eigenvalue weighted by Gasteiger charge is -2.23. The molecule has 1 aliphatic rings. The highest BCUT2D eigenvalue weighted by molar-refractivity contribution is 7.89. The number of aromatic nitrogens is 1. The number of fused-ring (bicyclic) bond motifs is 1. The number of methoxy groups -OCH3 is 1. The lowest BCUT2D eigenvalue weighted by molar-refractivity contribution is -0.119. The van der Waals surface area contributed by atoms with E-state index in [0.29, 0.717) is 30.8 Å². The van der Waals surface area contributed by atoms with Crippen LogP contribution in [0.5, 0.6) is 5.75 Å². The molecule has 1 unspecified atom stereocenters. The minimum absolute atomic E-state index is 0.150. The first-order valence-corrected chi connectivity index (χ1v) is 11.1. The first-order valence-electron chi connectivity index (χ1n) is 8.79. The molecule has 1 saturated heterocycles. The molecule has 1 aliphatic heterocycles. The topological polar surface area (TPSA) is 88.6 Å². The second-order valence-corrected chi connectivity index (χ2v) is 9.25. The standard InChI is InChI=1S/C19H19N3O4S2/c1-26-14-5-7-15(8-6-14)28(24,25)22-10-2-3-17(22)19(23)21-13-4-9-18-16(11-13)20-12-27-18/h4-9,11-12,17H,2-3,10H2,1H3,(H,21,23). The second kappa shape index (κ2) is 7.50. The molecule has 4 rings (SSSR count). The number of carbonyl (C=O) groups excluding carboxylic acids is 1. The van der Waals surface area contributed by atoms with Gasteiger partial charge in [-0.2, -0.15) is 4.31 Å². The molecule has 9 heteroatoms. The van der Waals surface area contributed by atoms with Crippen LogP contribution in [0.4, 0.5) is 5.69 Å². The van der Waals surface area contributed by atoms with Crippen molar-refractivity contribution in [1.29, 1.82) is 0 Å². The van der Waals surface area contributed by atoms with Crippen LogP contribution in [0.1, 0.15) is 12.8 Å². The molecular formula is C19H19N3O4S2. The molecule has 2 aromatic carbocycles. The molecule has 0 spiro atoms. The fourth-order valence-electron chi connectivity index (χ4n) is 3.33. The van der Waals surface area contributed by atoms with E-state index in [4.69, 9.17) is 4.74 Å². The van der Waals surface area contributed by atoms with Gasteiger partial charge in [-0.25, -0.2) is 13.4 Å². The number of rotatable bonds is 5. The van der Waals surface area contributed by atoms with Gasteiger partial charge in [-0.05, 0) is 55.3 Å². The van der Waals surface area contributed by atoms with Crippen LogP contribution >= 0.6 is 11.3 Å². The van der Waals surface area contributed by atoms with Crippen LogP contribution < -0.4 is 10.1 Å². The fourth-order valence-corrected chi connectivity index (χ4v) is 5.65. The van der Waals surface area contributed by atoms with Gasteiger partial charge in [-0.1, -0.05) is 0 Å². The zero-order valence-corrected chi connectivity index (χ0v) is 16.8. The Kier molecular flexibility index (Phi) is 5.05. The number of nitrogens with one attached hydrogen (secondary N) is 1. The Labute approximate surface area is 167 Å². The van der Waals surface area contributed by atoms with E-state index in [9.17, 15) is 13.2 Å². The van der Waals surface area contributed by atoms with Crippen LogP contribution in [0.25, 0.3) is 10.2 Å². The number of anilines is 1. The van der Waals surface area contributed by atoms with Gasteiger partial charge < -0.3 is 10.1 Å². The maximum Gasteiger partial charge on any atom is 0.243 e. The van der Waals surface area contributed by atoms with E-state index >= 15 is 0 Å². The van der Waals surface area contributed by atoms with E-state index < -0.39 is 16.1 Å². The quantitative estimate of drug-likeness (QED) is 0.689. The summed E-state index contributed by atoms with van der Waals surface area (Å²) in [7, 11) is -2.25. The summed E-state index contributed by atoms with van der Waals surface area (Å²) in [5.41, 5.74) is 3.16. The Morgan fingerprint density at radius 3 is 2.79 bits per heavy atom. The Bertz CT molecular complexity index is 1110. The number of benzene rings is 2. The molecule has 1 aromatic heterocycles. The molecule has 28 heavy (non-hydrogen) atoms. The number of ether oxygens (including phenoxy) is 1.